The molecule has 0 bridgehead atoms. The summed E-state index contributed by atoms with van der Waals surface area (Å²) in [5, 5.41) is 20.8. The maximum atomic E-state index is 10.8. The lowest BCUT2D eigenvalue weighted by Gasteiger charge is -2.17. The SMILES string of the molecule is O=[N+]([O-])c1cc(Cl)cc(C=NC2CCCCC2)c1O. The summed E-state index contributed by atoms with van der Waals surface area (Å²) in [6.45, 7) is 0. The molecule has 0 atom stereocenters. The Labute approximate surface area is 116 Å². The van der Waals surface area contributed by atoms with Crippen LogP contribution in [-0.4, -0.2) is 22.3 Å². The van der Waals surface area contributed by atoms with Gasteiger partial charge in [-0.3, -0.25) is 15.1 Å². The number of aliphatic imine (C=N–C) groups is 1. The van der Waals surface area contributed by atoms with Crippen LogP contribution < -0.4 is 0 Å². The molecule has 1 N–H and O–H groups in total. The van der Waals surface area contributed by atoms with Crippen molar-refractivity contribution < 1.29 is 10.0 Å². The molecule has 0 amide bonds. The number of hydrogen-bond acceptors (Lipinski definition) is 4. The van der Waals surface area contributed by atoms with Crippen LogP contribution in [0.5, 0.6) is 5.75 Å². The molecule has 1 fully saturated rings. The van der Waals surface area contributed by atoms with Crippen molar-refractivity contribution in [2.45, 2.75) is 38.1 Å². The highest BCUT2D eigenvalue weighted by molar-refractivity contribution is 6.31. The Balaban J connectivity index is 2.24. The molecule has 0 aliphatic heterocycles. The first-order valence-electron chi connectivity index (χ1n) is 6.28. The van der Waals surface area contributed by atoms with Crippen molar-refractivity contribution in [3.8, 4) is 5.75 Å². The summed E-state index contributed by atoms with van der Waals surface area (Å²) in [7, 11) is 0. The van der Waals surface area contributed by atoms with Crippen molar-refractivity contribution in [1.29, 1.82) is 0 Å². The van der Waals surface area contributed by atoms with Crippen molar-refractivity contribution in [1.82, 2.24) is 0 Å². The summed E-state index contributed by atoms with van der Waals surface area (Å²) >= 11 is 5.81. The lowest BCUT2D eigenvalue weighted by Crippen LogP contribution is -2.09. The molecular weight excluding hydrogens is 268 g/mol. The number of hydrogen-bond donors (Lipinski definition) is 1. The molecule has 2 rings (SSSR count). The van der Waals surface area contributed by atoms with Crippen LogP contribution in [-0.2, 0) is 0 Å². The Morgan fingerprint density at radius 1 is 1.37 bits per heavy atom. The molecule has 0 spiro atoms. The first-order chi connectivity index (χ1) is 9.08. The molecule has 19 heavy (non-hydrogen) atoms. The molecular formula is C13H15ClN2O3. The molecule has 0 aromatic heterocycles. The lowest BCUT2D eigenvalue weighted by molar-refractivity contribution is -0.385. The Morgan fingerprint density at radius 3 is 2.68 bits per heavy atom. The van der Waals surface area contributed by atoms with E-state index >= 15 is 0 Å². The van der Waals surface area contributed by atoms with E-state index < -0.39 is 10.6 Å². The van der Waals surface area contributed by atoms with Gasteiger partial charge in [0.2, 0.25) is 5.75 Å². The highest BCUT2D eigenvalue weighted by Crippen LogP contribution is 2.32. The molecule has 1 aliphatic carbocycles. The predicted molar refractivity (Wildman–Crippen MR) is 74.2 cm³/mol. The number of rotatable bonds is 3. The Bertz CT molecular complexity index is 511. The topological polar surface area (TPSA) is 75.7 Å². The standard InChI is InChI=1S/C13H15ClN2O3/c14-10-6-9(13(17)12(7-10)16(18)19)8-15-11-4-2-1-3-5-11/h6-8,11,17H,1-5H2. The number of nitrogens with zero attached hydrogens (tertiary/aromatic N) is 2. The average Bonchev–Trinajstić information content (AvgIpc) is 2.40. The Hall–Kier alpha value is -1.62. The van der Waals surface area contributed by atoms with Gasteiger partial charge < -0.3 is 5.11 Å². The van der Waals surface area contributed by atoms with Gasteiger partial charge in [-0.2, -0.15) is 0 Å². The van der Waals surface area contributed by atoms with Crippen molar-refractivity contribution in [3.63, 3.8) is 0 Å². The highest BCUT2D eigenvalue weighted by Gasteiger charge is 2.18. The molecule has 1 saturated carbocycles. The molecule has 6 heteroatoms. The molecule has 0 radical (unpaired) electrons. The largest absolute Gasteiger partial charge is 0.502 e. The number of halogens is 1. The van der Waals surface area contributed by atoms with Crippen LogP contribution >= 0.6 is 11.6 Å². The summed E-state index contributed by atoms with van der Waals surface area (Å²) in [5.74, 6) is -0.381. The van der Waals surface area contributed by atoms with E-state index in [4.69, 9.17) is 11.6 Å². The molecule has 0 unspecified atom stereocenters. The van der Waals surface area contributed by atoms with Gasteiger partial charge in [-0.05, 0) is 18.9 Å². The third-order valence-corrected chi connectivity index (χ3v) is 3.50. The fourth-order valence-electron chi connectivity index (χ4n) is 2.26. The van der Waals surface area contributed by atoms with Gasteiger partial charge >= 0.3 is 5.69 Å². The minimum atomic E-state index is -0.654. The number of nitro groups is 1. The number of benzene rings is 1. The van der Waals surface area contributed by atoms with E-state index in [1.807, 2.05) is 0 Å². The molecule has 0 heterocycles. The molecule has 5 nitrogen and oxygen atoms in total. The first kappa shape index (κ1) is 13.8. The van der Waals surface area contributed by atoms with Crippen LogP contribution in [0.2, 0.25) is 5.02 Å². The minimum absolute atomic E-state index is 0.217. The van der Waals surface area contributed by atoms with Gasteiger partial charge in [0.05, 0.1) is 4.92 Å². The highest BCUT2D eigenvalue weighted by atomic mass is 35.5. The van der Waals surface area contributed by atoms with E-state index in [0.29, 0.717) is 5.56 Å². The van der Waals surface area contributed by atoms with Crippen LogP contribution in [0.25, 0.3) is 0 Å². The number of phenols is 1. The summed E-state index contributed by atoms with van der Waals surface area (Å²) in [6, 6.07) is 2.86. The van der Waals surface area contributed by atoms with E-state index in [2.05, 4.69) is 4.99 Å². The number of nitro benzene ring substituents is 1. The van der Waals surface area contributed by atoms with Crippen LogP contribution in [0.3, 0.4) is 0 Å². The monoisotopic (exact) mass is 282 g/mol. The summed E-state index contributed by atoms with van der Waals surface area (Å²) in [4.78, 5) is 14.5. The predicted octanol–water partition coefficient (Wildman–Crippen LogP) is 3.71. The Kier molecular flexibility index (Phi) is 4.37. The Morgan fingerprint density at radius 2 is 2.05 bits per heavy atom. The smallest absolute Gasteiger partial charge is 0.312 e. The van der Waals surface area contributed by atoms with Gasteiger partial charge in [0.1, 0.15) is 0 Å². The van der Waals surface area contributed by atoms with Crippen LogP contribution in [0.15, 0.2) is 17.1 Å². The van der Waals surface area contributed by atoms with Gasteiger partial charge in [-0.25, -0.2) is 0 Å². The molecule has 1 aliphatic rings. The quantitative estimate of drug-likeness (QED) is 0.522. The fourth-order valence-corrected chi connectivity index (χ4v) is 2.48. The number of phenolic OH excluding ortho intramolecular Hbond substituents is 1. The minimum Gasteiger partial charge on any atom is -0.502 e. The van der Waals surface area contributed by atoms with Crippen molar-refractivity contribution >= 4 is 23.5 Å². The van der Waals surface area contributed by atoms with Gasteiger partial charge in [-0.15, -0.1) is 0 Å². The first-order valence-corrected chi connectivity index (χ1v) is 6.66. The average molecular weight is 283 g/mol. The van der Waals surface area contributed by atoms with Gasteiger partial charge in [0.15, 0.2) is 0 Å². The van der Waals surface area contributed by atoms with E-state index in [1.165, 1.54) is 18.7 Å². The van der Waals surface area contributed by atoms with Crippen molar-refractivity contribution in [3.05, 3.63) is 32.8 Å². The molecule has 1 aromatic rings. The van der Waals surface area contributed by atoms with E-state index in [-0.39, 0.29) is 16.8 Å². The second-order valence-electron chi connectivity index (χ2n) is 4.69. The maximum Gasteiger partial charge on any atom is 0.312 e. The van der Waals surface area contributed by atoms with E-state index in [9.17, 15) is 15.2 Å². The van der Waals surface area contributed by atoms with Crippen LogP contribution in [0.4, 0.5) is 5.69 Å². The second-order valence-corrected chi connectivity index (χ2v) is 5.13. The summed E-state index contributed by atoms with van der Waals surface area (Å²) < 4.78 is 0. The summed E-state index contributed by atoms with van der Waals surface area (Å²) in [5.41, 5.74) is -0.0950. The zero-order chi connectivity index (χ0) is 13.8. The van der Waals surface area contributed by atoms with Crippen molar-refractivity contribution in [2.75, 3.05) is 0 Å². The molecule has 1 aromatic carbocycles. The maximum absolute atomic E-state index is 10.8. The normalized spacial score (nSPS) is 16.9. The third-order valence-electron chi connectivity index (χ3n) is 3.28. The van der Waals surface area contributed by atoms with Crippen LogP contribution in [0, 0.1) is 10.1 Å². The third kappa shape index (κ3) is 3.44. The summed E-state index contributed by atoms with van der Waals surface area (Å²) in [6.07, 6.45) is 7.09. The fraction of sp³-hybridized carbons (Fsp3) is 0.462. The van der Waals surface area contributed by atoms with Gasteiger partial charge in [-0.1, -0.05) is 30.9 Å². The zero-order valence-corrected chi connectivity index (χ0v) is 11.1. The van der Waals surface area contributed by atoms with E-state index in [0.717, 1.165) is 31.7 Å². The number of aromatic hydroxyl groups is 1. The van der Waals surface area contributed by atoms with E-state index in [1.54, 1.807) is 0 Å². The van der Waals surface area contributed by atoms with Gasteiger partial charge in [0.25, 0.3) is 0 Å². The lowest BCUT2D eigenvalue weighted by atomic mass is 9.96. The molecule has 102 valence electrons. The van der Waals surface area contributed by atoms with Crippen molar-refractivity contribution in [2.24, 2.45) is 4.99 Å². The van der Waals surface area contributed by atoms with Gasteiger partial charge in [0, 0.05) is 28.9 Å². The zero-order valence-electron chi connectivity index (χ0n) is 10.4. The molecule has 0 saturated heterocycles. The second kappa shape index (κ2) is 6.02. The van der Waals surface area contributed by atoms with Crippen LogP contribution in [0.1, 0.15) is 37.7 Å².